The minimum atomic E-state index is -0.659. The molecule has 5 heteroatoms. The van der Waals surface area contributed by atoms with Crippen LogP contribution in [0.3, 0.4) is 0 Å². The van der Waals surface area contributed by atoms with Crippen molar-refractivity contribution in [2.45, 2.75) is 25.3 Å². The van der Waals surface area contributed by atoms with Crippen molar-refractivity contribution < 1.29 is 8.78 Å². The van der Waals surface area contributed by atoms with Gasteiger partial charge in [0.25, 0.3) is 0 Å². The van der Waals surface area contributed by atoms with Gasteiger partial charge in [-0.05, 0) is 42.3 Å². The zero-order valence-electron chi connectivity index (χ0n) is 10.1. The molecule has 0 amide bonds. The smallest absolute Gasteiger partial charge is 0.150 e. The number of hydrogen-bond acceptors (Lipinski definition) is 2. The second kappa shape index (κ2) is 5.10. The van der Waals surface area contributed by atoms with E-state index in [9.17, 15) is 8.78 Å². The molecule has 0 fully saturated rings. The Kier molecular flexibility index (Phi) is 3.46. The molecule has 100 valence electrons. The molecule has 1 unspecified atom stereocenters. The van der Waals surface area contributed by atoms with Crippen LogP contribution >= 0.6 is 22.9 Å². The van der Waals surface area contributed by atoms with E-state index in [1.807, 2.05) is 5.38 Å². The lowest BCUT2D eigenvalue weighted by Gasteiger charge is -2.25. The molecule has 0 aliphatic heterocycles. The van der Waals surface area contributed by atoms with E-state index < -0.39 is 11.6 Å². The van der Waals surface area contributed by atoms with Crippen molar-refractivity contribution in [3.05, 3.63) is 50.7 Å². The first-order chi connectivity index (χ1) is 9.15. The van der Waals surface area contributed by atoms with E-state index in [4.69, 9.17) is 11.6 Å². The third-order valence-electron chi connectivity index (χ3n) is 3.38. The Balaban J connectivity index is 1.92. The Morgan fingerprint density at radius 1 is 1.32 bits per heavy atom. The van der Waals surface area contributed by atoms with Crippen molar-refractivity contribution in [3.63, 3.8) is 0 Å². The van der Waals surface area contributed by atoms with Crippen molar-refractivity contribution in [1.82, 2.24) is 0 Å². The average molecular weight is 300 g/mol. The molecular weight excluding hydrogens is 288 g/mol. The van der Waals surface area contributed by atoms with Crippen LogP contribution in [0, 0.1) is 11.6 Å². The molecule has 1 atom stereocenters. The summed E-state index contributed by atoms with van der Waals surface area (Å²) in [5.41, 5.74) is 1.39. The van der Waals surface area contributed by atoms with Crippen LogP contribution < -0.4 is 5.32 Å². The molecule has 1 aliphatic carbocycles. The highest BCUT2D eigenvalue weighted by atomic mass is 35.5. The van der Waals surface area contributed by atoms with E-state index >= 15 is 0 Å². The van der Waals surface area contributed by atoms with Crippen LogP contribution in [0.1, 0.15) is 29.3 Å². The zero-order chi connectivity index (χ0) is 13.4. The van der Waals surface area contributed by atoms with Gasteiger partial charge in [0.1, 0.15) is 5.82 Å². The number of nitrogens with one attached hydrogen (secondary N) is 1. The van der Waals surface area contributed by atoms with Crippen LogP contribution in [-0.2, 0) is 6.42 Å². The van der Waals surface area contributed by atoms with Gasteiger partial charge in [0, 0.05) is 10.9 Å². The largest absolute Gasteiger partial charge is 0.375 e. The van der Waals surface area contributed by atoms with Crippen molar-refractivity contribution in [2.24, 2.45) is 0 Å². The van der Waals surface area contributed by atoms with Gasteiger partial charge in [0.15, 0.2) is 5.82 Å². The van der Waals surface area contributed by atoms with Gasteiger partial charge in [-0.25, -0.2) is 8.78 Å². The summed E-state index contributed by atoms with van der Waals surface area (Å²) in [6, 6.07) is 4.09. The summed E-state index contributed by atoms with van der Waals surface area (Å²) in [5, 5.41) is 5.25. The highest BCUT2D eigenvalue weighted by Gasteiger charge is 2.23. The molecule has 1 N–H and O–H groups in total. The summed E-state index contributed by atoms with van der Waals surface area (Å²) >= 11 is 7.64. The van der Waals surface area contributed by atoms with Crippen molar-refractivity contribution >= 4 is 28.6 Å². The van der Waals surface area contributed by atoms with Crippen molar-refractivity contribution in [3.8, 4) is 0 Å². The predicted molar refractivity (Wildman–Crippen MR) is 75.0 cm³/mol. The Bertz CT molecular complexity index is 588. The second-order valence-electron chi connectivity index (χ2n) is 4.63. The minimum absolute atomic E-state index is 0.0486. The number of aryl methyl sites for hydroxylation is 1. The lowest BCUT2D eigenvalue weighted by Crippen LogP contribution is -2.16. The molecular formula is C14H12ClF2NS. The van der Waals surface area contributed by atoms with Crippen molar-refractivity contribution in [2.75, 3.05) is 5.32 Å². The summed E-state index contributed by atoms with van der Waals surface area (Å²) in [7, 11) is 0. The van der Waals surface area contributed by atoms with Crippen LogP contribution in [0.2, 0.25) is 5.02 Å². The quantitative estimate of drug-likeness (QED) is 0.806. The summed E-state index contributed by atoms with van der Waals surface area (Å²) < 4.78 is 26.8. The predicted octanol–water partition coefficient (Wildman–Crippen LogP) is 5.17. The summed E-state index contributed by atoms with van der Waals surface area (Å²) in [6.07, 6.45) is 3.06. The molecule has 1 heterocycles. The summed E-state index contributed by atoms with van der Waals surface area (Å²) in [4.78, 5) is 1.34. The third-order valence-corrected chi connectivity index (χ3v) is 4.67. The maximum Gasteiger partial charge on any atom is 0.150 e. The first-order valence-corrected chi connectivity index (χ1v) is 7.38. The van der Waals surface area contributed by atoms with Gasteiger partial charge in [0.2, 0.25) is 0 Å². The van der Waals surface area contributed by atoms with E-state index in [1.165, 1.54) is 10.4 Å². The van der Waals surface area contributed by atoms with Crippen LogP contribution in [0.15, 0.2) is 23.6 Å². The Labute approximate surface area is 119 Å². The lowest BCUT2D eigenvalue weighted by atomic mass is 9.94. The summed E-state index contributed by atoms with van der Waals surface area (Å²) in [6.45, 7) is 0. The number of hydrogen-bond donors (Lipinski definition) is 1. The van der Waals surface area contributed by atoms with Crippen LogP contribution in [0.25, 0.3) is 0 Å². The molecule has 19 heavy (non-hydrogen) atoms. The van der Waals surface area contributed by atoms with E-state index in [0.29, 0.717) is 0 Å². The van der Waals surface area contributed by atoms with Gasteiger partial charge in [-0.15, -0.1) is 11.3 Å². The number of halogens is 3. The maximum atomic E-state index is 13.8. The Morgan fingerprint density at radius 3 is 2.95 bits per heavy atom. The van der Waals surface area contributed by atoms with Crippen LogP contribution in [0.4, 0.5) is 14.5 Å². The van der Waals surface area contributed by atoms with E-state index in [2.05, 4.69) is 11.4 Å². The van der Waals surface area contributed by atoms with Gasteiger partial charge < -0.3 is 5.32 Å². The van der Waals surface area contributed by atoms with Gasteiger partial charge in [-0.1, -0.05) is 11.6 Å². The topological polar surface area (TPSA) is 12.0 Å². The van der Waals surface area contributed by atoms with E-state index in [-0.39, 0.29) is 16.8 Å². The number of fused-ring (bicyclic) bond motifs is 1. The fourth-order valence-corrected chi connectivity index (χ4v) is 3.73. The van der Waals surface area contributed by atoms with Gasteiger partial charge in [-0.2, -0.15) is 0 Å². The zero-order valence-corrected chi connectivity index (χ0v) is 11.6. The second-order valence-corrected chi connectivity index (χ2v) is 6.04. The van der Waals surface area contributed by atoms with Gasteiger partial charge in [0.05, 0.1) is 16.8 Å². The minimum Gasteiger partial charge on any atom is -0.375 e. The van der Waals surface area contributed by atoms with Crippen LogP contribution in [0.5, 0.6) is 0 Å². The first-order valence-electron chi connectivity index (χ1n) is 6.12. The first kappa shape index (κ1) is 12.9. The SMILES string of the molecule is Fc1cc(F)c(NC2CCCc3sccc32)c(Cl)c1. The number of rotatable bonds is 2. The summed E-state index contributed by atoms with van der Waals surface area (Å²) in [5.74, 6) is -1.31. The van der Waals surface area contributed by atoms with Crippen molar-refractivity contribution in [1.29, 1.82) is 0 Å². The standard InChI is InChI=1S/C14H12ClF2NS/c15-10-6-8(16)7-11(17)14(10)18-12-2-1-3-13-9(12)4-5-19-13/h4-7,12,18H,1-3H2. The third kappa shape index (κ3) is 2.47. The molecule has 0 radical (unpaired) electrons. The van der Waals surface area contributed by atoms with Gasteiger partial charge in [-0.3, -0.25) is 0 Å². The number of thiophene rings is 1. The Morgan fingerprint density at radius 2 is 2.16 bits per heavy atom. The molecule has 1 aromatic carbocycles. The van der Waals surface area contributed by atoms with Gasteiger partial charge >= 0.3 is 0 Å². The molecule has 1 aromatic heterocycles. The molecule has 2 aromatic rings. The highest BCUT2D eigenvalue weighted by Crippen LogP contribution is 2.37. The number of anilines is 1. The average Bonchev–Trinajstić information content (AvgIpc) is 2.82. The molecule has 0 spiro atoms. The van der Waals surface area contributed by atoms with E-state index in [1.54, 1.807) is 11.3 Å². The maximum absolute atomic E-state index is 13.8. The molecule has 0 saturated carbocycles. The lowest BCUT2D eigenvalue weighted by molar-refractivity contribution is 0.573. The molecule has 3 rings (SSSR count). The molecule has 0 saturated heterocycles. The van der Waals surface area contributed by atoms with Crippen LogP contribution in [-0.4, -0.2) is 0 Å². The highest BCUT2D eigenvalue weighted by molar-refractivity contribution is 7.10. The molecule has 1 nitrogen and oxygen atoms in total. The molecule has 1 aliphatic rings. The monoisotopic (exact) mass is 299 g/mol. The fraction of sp³-hybridized carbons (Fsp3) is 0.286. The Hall–Kier alpha value is -1.13. The number of benzene rings is 1. The van der Waals surface area contributed by atoms with E-state index in [0.717, 1.165) is 31.4 Å². The molecule has 0 bridgehead atoms. The normalized spacial score (nSPS) is 18.2. The fourth-order valence-electron chi connectivity index (χ4n) is 2.49.